The molecule has 0 saturated carbocycles. The van der Waals surface area contributed by atoms with E-state index in [2.05, 4.69) is 29.8 Å². The van der Waals surface area contributed by atoms with Gasteiger partial charge in [0, 0.05) is 39.0 Å². The van der Waals surface area contributed by atoms with Crippen LogP contribution >= 0.6 is 0 Å². The molecule has 0 atom stereocenters. The summed E-state index contributed by atoms with van der Waals surface area (Å²) in [7, 11) is 0. The quantitative estimate of drug-likeness (QED) is 0.391. The average molecular weight is 474 g/mol. The Bertz CT molecular complexity index is 1830. The number of Topliss-reactive ketones (excluding diaryl/α,β-unsaturated/α-hetero) is 1. The molecule has 3 aliphatic rings. The number of nitrogens with zero attached hydrogens (tertiary/aromatic N) is 1. The van der Waals surface area contributed by atoms with Crippen LogP contribution in [0.25, 0.3) is 32.7 Å². The molecular formula is C30H25N4O2-. The molecule has 36 heavy (non-hydrogen) atoms. The highest BCUT2D eigenvalue weighted by molar-refractivity contribution is 6.52. The van der Waals surface area contributed by atoms with Gasteiger partial charge in [-0.1, -0.05) is 42.2 Å². The van der Waals surface area contributed by atoms with Crippen LogP contribution in [-0.4, -0.2) is 17.1 Å². The Labute approximate surface area is 208 Å². The summed E-state index contributed by atoms with van der Waals surface area (Å²) < 4.78 is 0. The molecule has 4 aromatic rings. The van der Waals surface area contributed by atoms with E-state index in [0.717, 1.165) is 44.0 Å². The number of nitrogens with one attached hydrogen (secondary N) is 3. The van der Waals surface area contributed by atoms with E-state index < -0.39 is 5.66 Å². The summed E-state index contributed by atoms with van der Waals surface area (Å²) in [6.45, 7) is 8.18. The molecule has 0 unspecified atom stereocenters. The van der Waals surface area contributed by atoms with Crippen LogP contribution in [-0.2, 0) is 4.79 Å². The highest BCUT2D eigenvalue weighted by Crippen LogP contribution is 2.44. The molecular weight excluding hydrogens is 448 g/mol. The third kappa shape index (κ3) is 2.78. The maximum atomic E-state index is 13.6. The second-order valence-corrected chi connectivity index (χ2v) is 10.8. The molecule has 0 spiro atoms. The lowest BCUT2D eigenvalue weighted by molar-refractivity contribution is -0.292. The lowest BCUT2D eigenvalue weighted by atomic mass is 9.79. The molecule has 6 heteroatoms. The second kappa shape index (κ2) is 6.66. The molecule has 1 aliphatic carbocycles. The Balaban J connectivity index is 1.47. The Morgan fingerprint density at radius 3 is 2.11 bits per heavy atom. The van der Waals surface area contributed by atoms with E-state index in [1.807, 2.05) is 74.5 Å². The van der Waals surface area contributed by atoms with Gasteiger partial charge in [-0.2, -0.15) is 0 Å². The van der Waals surface area contributed by atoms with Gasteiger partial charge in [-0.15, -0.1) is 0 Å². The number of hydrogen-bond donors (Lipinski definition) is 3. The highest BCUT2D eigenvalue weighted by Gasteiger charge is 2.33. The van der Waals surface area contributed by atoms with Crippen LogP contribution in [0, 0.1) is 0 Å². The van der Waals surface area contributed by atoms with Crippen molar-refractivity contribution >= 4 is 55.5 Å². The number of carbonyl (C=O) groups is 1. The molecule has 0 aromatic heterocycles. The molecule has 0 bridgehead atoms. The van der Waals surface area contributed by atoms with E-state index in [1.54, 1.807) is 0 Å². The topological polar surface area (TPSA) is 88.6 Å². The SMILES string of the molecule is CC1(C)N=c2ccc(=C3C(=O)C(c4ccc5c6c(cccc46)NC(C)(C)N5)=C3[O-])c3cccc(c23)N1. The normalized spacial score (nSPS) is 20.3. The molecule has 2 heterocycles. The summed E-state index contributed by atoms with van der Waals surface area (Å²) in [5.74, 6) is -0.418. The van der Waals surface area contributed by atoms with Crippen molar-refractivity contribution in [1.29, 1.82) is 0 Å². The van der Waals surface area contributed by atoms with Crippen LogP contribution < -0.4 is 31.6 Å². The number of anilines is 3. The zero-order valence-corrected chi connectivity index (χ0v) is 20.5. The number of benzene rings is 4. The molecule has 0 fully saturated rings. The zero-order valence-electron chi connectivity index (χ0n) is 20.5. The minimum absolute atomic E-state index is 0.209. The number of hydrogen-bond acceptors (Lipinski definition) is 6. The van der Waals surface area contributed by atoms with Gasteiger partial charge in [0.15, 0.2) is 5.78 Å². The lowest BCUT2D eigenvalue weighted by Crippen LogP contribution is -2.42. The molecule has 6 nitrogen and oxygen atoms in total. The fourth-order valence-corrected chi connectivity index (χ4v) is 5.88. The van der Waals surface area contributed by atoms with Crippen LogP contribution in [0.1, 0.15) is 33.3 Å². The van der Waals surface area contributed by atoms with Gasteiger partial charge in [-0.05, 0) is 73.5 Å². The fourth-order valence-electron chi connectivity index (χ4n) is 5.88. The molecule has 3 N–H and O–H groups in total. The van der Waals surface area contributed by atoms with Crippen LogP contribution in [0.2, 0.25) is 0 Å². The van der Waals surface area contributed by atoms with Gasteiger partial charge >= 0.3 is 0 Å². The minimum atomic E-state index is -0.424. The monoisotopic (exact) mass is 473 g/mol. The van der Waals surface area contributed by atoms with Gasteiger partial charge < -0.3 is 21.1 Å². The molecule has 0 amide bonds. The number of carbonyl (C=O) groups excluding carboxylic acids is 1. The maximum absolute atomic E-state index is 13.6. The summed E-state index contributed by atoms with van der Waals surface area (Å²) in [5, 5.41) is 29.3. The summed E-state index contributed by atoms with van der Waals surface area (Å²) >= 11 is 0. The van der Waals surface area contributed by atoms with Crippen molar-refractivity contribution in [1.82, 2.24) is 0 Å². The van der Waals surface area contributed by atoms with Crippen molar-refractivity contribution in [2.45, 2.75) is 39.0 Å². The van der Waals surface area contributed by atoms with Crippen LogP contribution in [0.5, 0.6) is 0 Å². The van der Waals surface area contributed by atoms with Gasteiger partial charge in [-0.25, -0.2) is 0 Å². The van der Waals surface area contributed by atoms with Gasteiger partial charge in [0.2, 0.25) is 0 Å². The Kier molecular flexibility index (Phi) is 3.89. The first-order valence-corrected chi connectivity index (χ1v) is 12.2. The molecule has 4 aromatic carbocycles. The van der Waals surface area contributed by atoms with E-state index in [1.165, 1.54) is 0 Å². The first kappa shape index (κ1) is 21.0. The summed E-state index contributed by atoms with van der Waals surface area (Å²) in [5.41, 5.74) is 3.38. The standard InChI is InChI=1S/C30H26N4O2/c1-29(2)31-19-9-5-7-15-17(11-13-21(33-29)23(15)19)25-27(35)26(28(25)36)18-12-14-22-24-16(18)8-6-10-20(24)32-30(3,4)34-22/h5-14,31-33,35H,1-4H3/p-1. The first-order chi connectivity index (χ1) is 17.1. The van der Waals surface area contributed by atoms with Crippen LogP contribution in [0.3, 0.4) is 0 Å². The van der Waals surface area contributed by atoms with Gasteiger partial charge in [-0.3, -0.25) is 9.79 Å². The fraction of sp³-hybridized carbons (Fsp3) is 0.200. The highest BCUT2D eigenvalue weighted by atomic mass is 16.3. The van der Waals surface area contributed by atoms with E-state index in [-0.39, 0.29) is 28.4 Å². The molecule has 178 valence electrons. The Morgan fingerprint density at radius 1 is 0.722 bits per heavy atom. The van der Waals surface area contributed by atoms with Crippen molar-refractivity contribution in [2.75, 3.05) is 16.0 Å². The molecule has 0 saturated heterocycles. The average Bonchev–Trinajstić information content (AvgIpc) is 2.81. The lowest BCUT2D eigenvalue weighted by Gasteiger charge is -2.37. The maximum Gasteiger partial charge on any atom is 0.193 e. The smallest absolute Gasteiger partial charge is 0.193 e. The second-order valence-electron chi connectivity index (χ2n) is 10.8. The third-order valence-electron chi connectivity index (χ3n) is 7.24. The number of ketones is 1. The van der Waals surface area contributed by atoms with E-state index in [4.69, 9.17) is 4.99 Å². The molecule has 2 aliphatic heterocycles. The summed E-state index contributed by atoms with van der Waals surface area (Å²) in [6, 6.07) is 19.5. The zero-order chi connectivity index (χ0) is 25.0. The van der Waals surface area contributed by atoms with Gasteiger partial charge in [0.1, 0.15) is 11.3 Å². The number of allylic oxidation sites excluding steroid dienone is 2. The van der Waals surface area contributed by atoms with E-state index in [0.29, 0.717) is 10.8 Å². The molecule has 7 rings (SSSR count). The van der Waals surface area contributed by atoms with Gasteiger partial charge in [0.05, 0.1) is 5.36 Å². The predicted molar refractivity (Wildman–Crippen MR) is 143 cm³/mol. The van der Waals surface area contributed by atoms with E-state index in [9.17, 15) is 9.90 Å². The van der Waals surface area contributed by atoms with Crippen molar-refractivity contribution in [3.05, 3.63) is 82.6 Å². The van der Waals surface area contributed by atoms with Crippen molar-refractivity contribution in [3.8, 4) is 0 Å². The summed E-state index contributed by atoms with van der Waals surface area (Å²) in [4.78, 5) is 18.4. The van der Waals surface area contributed by atoms with Crippen molar-refractivity contribution < 1.29 is 9.90 Å². The summed E-state index contributed by atoms with van der Waals surface area (Å²) in [6.07, 6.45) is 0. The first-order valence-electron chi connectivity index (χ1n) is 12.2. The van der Waals surface area contributed by atoms with Gasteiger partial charge in [0.25, 0.3) is 0 Å². The number of rotatable bonds is 1. The van der Waals surface area contributed by atoms with E-state index >= 15 is 0 Å². The van der Waals surface area contributed by atoms with Crippen molar-refractivity contribution in [3.63, 3.8) is 0 Å². The molecule has 0 radical (unpaired) electrons. The minimum Gasteiger partial charge on any atom is -0.871 e. The Morgan fingerprint density at radius 2 is 1.39 bits per heavy atom. The predicted octanol–water partition coefficient (Wildman–Crippen LogP) is 3.85. The largest absolute Gasteiger partial charge is 0.871 e. The third-order valence-corrected chi connectivity index (χ3v) is 7.24. The van der Waals surface area contributed by atoms with Crippen LogP contribution in [0.4, 0.5) is 17.1 Å². The van der Waals surface area contributed by atoms with Crippen LogP contribution in [0.15, 0.2) is 71.4 Å². The Hall–Kier alpha value is -4.32. The van der Waals surface area contributed by atoms with Crippen molar-refractivity contribution in [2.24, 2.45) is 4.99 Å².